The first-order chi connectivity index (χ1) is 17.1. The average Bonchev–Trinajstić information content (AvgIpc) is 2.90. The normalized spacial score (nSPS) is 11.7. The van der Waals surface area contributed by atoms with Crippen LogP contribution >= 0.6 is 15.9 Å². The minimum absolute atomic E-state index is 0.306. The Labute approximate surface area is 215 Å². The van der Waals surface area contributed by atoms with Crippen LogP contribution in [0.4, 0.5) is 0 Å². The highest BCUT2D eigenvalue weighted by atomic mass is 79.9. The van der Waals surface area contributed by atoms with Gasteiger partial charge in [-0.25, -0.2) is 4.79 Å². The van der Waals surface area contributed by atoms with Gasteiger partial charge >= 0.3 is 5.97 Å². The van der Waals surface area contributed by atoms with Crippen molar-refractivity contribution in [2.75, 3.05) is 7.11 Å². The molecule has 35 heavy (non-hydrogen) atoms. The molecule has 0 aliphatic rings. The van der Waals surface area contributed by atoms with Gasteiger partial charge in [-0.2, -0.15) is 0 Å². The van der Waals surface area contributed by atoms with Crippen LogP contribution in [0.5, 0.6) is 0 Å². The fourth-order valence-electron chi connectivity index (χ4n) is 5.38. The summed E-state index contributed by atoms with van der Waals surface area (Å²) in [5.41, 5.74) is 5.74. The number of unbranched alkanes of at least 4 members (excludes halogenated alkanes) is 2. The number of rotatable bonds is 8. The van der Waals surface area contributed by atoms with Crippen molar-refractivity contribution in [1.29, 1.82) is 0 Å². The molecule has 0 radical (unpaired) electrons. The Balaban J connectivity index is 1.83. The first-order valence-corrected chi connectivity index (χ1v) is 13.5. The predicted octanol–water partition coefficient (Wildman–Crippen LogP) is 9.49. The SMILES string of the molecule is CCCCc1cc(Br)c2ccc3c(CCCC)cc(-c4ccc(C(=O)OC)cc4)c4ccc1c2c34. The molecule has 0 bridgehead atoms. The van der Waals surface area contributed by atoms with E-state index >= 15 is 0 Å². The Bertz CT molecular complexity index is 1520. The lowest BCUT2D eigenvalue weighted by Gasteiger charge is -2.20. The maximum absolute atomic E-state index is 12.0. The monoisotopic (exact) mass is 526 g/mol. The highest BCUT2D eigenvalue weighted by molar-refractivity contribution is 9.10. The van der Waals surface area contributed by atoms with Gasteiger partial charge in [-0.3, -0.25) is 0 Å². The van der Waals surface area contributed by atoms with E-state index in [-0.39, 0.29) is 5.97 Å². The summed E-state index contributed by atoms with van der Waals surface area (Å²) in [5.74, 6) is -0.306. The van der Waals surface area contributed by atoms with Crippen molar-refractivity contribution in [1.82, 2.24) is 0 Å². The molecule has 2 nitrogen and oxygen atoms in total. The number of carbonyl (C=O) groups is 1. The Kier molecular flexibility index (Phi) is 6.80. The molecule has 5 rings (SSSR count). The summed E-state index contributed by atoms with van der Waals surface area (Å²) in [7, 11) is 1.42. The van der Waals surface area contributed by atoms with Crippen molar-refractivity contribution >= 4 is 54.2 Å². The third-order valence-corrected chi connectivity index (χ3v) is 7.89. The van der Waals surface area contributed by atoms with Crippen LogP contribution in [0.25, 0.3) is 43.4 Å². The van der Waals surface area contributed by atoms with Crippen molar-refractivity contribution < 1.29 is 9.53 Å². The maximum atomic E-state index is 12.0. The zero-order chi connectivity index (χ0) is 24.5. The van der Waals surface area contributed by atoms with Crippen LogP contribution in [0.15, 0.2) is 65.1 Å². The maximum Gasteiger partial charge on any atom is 0.337 e. The van der Waals surface area contributed by atoms with Crippen LogP contribution in [0.2, 0.25) is 0 Å². The zero-order valence-electron chi connectivity index (χ0n) is 20.7. The number of aryl methyl sites for hydroxylation is 2. The molecule has 0 unspecified atom stereocenters. The molecule has 0 N–H and O–H groups in total. The van der Waals surface area contributed by atoms with E-state index in [9.17, 15) is 4.79 Å². The van der Waals surface area contributed by atoms with E-state index in [2.05, 4.69) is 66.2 Å². The summed E-state index contributed by atoms with van der Waals surface area (Å²) in [6.45, 7) is 4.50. The average molecular weight is 528 g/mol. The molecule has 0 amide bonds. The number of halogens is 1. The van der Waals surface area contributed by atoms with Gasteiger partial charge in [0.25, 0.3) is 0 Å². The molecule has 0 fully saturated rings. The fourth-order valence-corrected chi connectivity index (χ4v) is 5.99. The van der Waals surface area contributed by atoms with E-state index in [0.717, 1.165) is 31.2 Å². The smallest absolute Gasteiger partial charge is 0.337 e. The minimum Gasteiger partial charge on any atom is -0.465 e. The van der Waals surface area contributed by atoms with Gasteiger partial charge in [-0.05, 0) is 105 Å². The molecule has 0 aliphatic carbocycles. The van der Waals surface area contributed by atoms with E-state index in [0.29, 0.717) is 5.56 Å². The Hall–Kier alpha value is -2.91. The molecular formula is C32H31BrO2. The second-order valence-electron chi connectivity index (χ2n) is 9.45. The number of benzene rings is 5. The highest BCUT2D eigenvalue weighted by Crippen LogP contribution is 2.44. The summed E-state index contributed by atoms with van der Waals surface area (Å²) in [6, 6.07) is 21.7. The van der Waals surface area contributed by atoms with Gasteiger partial charge in [-0.15, -0.1) is 0 Å². The zero-order valence-corrected chi connectivity index (χ0v) is 22.3. The number of hydrogen-bond acceptors (Lipinski definition) is 2. The van der Waals surface area contributed by atoms with E-state index in [4.69, 9.17) is 4.74 Å². The van der Waals surface area contributed by atoms with Gasteiger partial charge in [0, 0.05) is 4.47 Å². The summed E-state index contributed by atoms with van der Waals surface area (Å²) in [6.07, 6.45) is 6.85. The molecule has 5 aromatic rings. The van der Waals surface area contributed by atoms with Gasteiger partial charge in [-0.1, -0.05) is 79.0 Å². The van der Waals surface area contributed by atoms with Crippen molar-refractivity contribution in [3.8, 4) is 11.1 Å². The third-order valence-electron chi connectivity index (χ3n) is 7.24. The van der Waals surface area contributed by atoms with Crippen molar-refractivity contribution in [2.45, 2.75) is 52.4 Å². The van der Waals surface area contributed by atoms with Crippen molar-refractivity contribution in [3.63, 3.8) is 0 Å². The standard InChI is InChI=1S/C32H31BrO2/c1-4-6-8-22-18-28(20-10-12-21(13-11-20)32(34)35-3)26-16-14-25-23(9-7-5-2)19-29(33)27-17-15-24(22)30(26)31(25)27/h10-19H,4-9H2,1-3H3. The molecule has 0 spiro atoms. The topological polar surface area (TPSA) is 26.3 Å². The molecule has 5 aromatic carbocycles. The summed E-state index contributed by atoms with van der Waals surface area (Å²) in [5, 5.41) is 8.00. The Morgan fingerprint density at radius 1 is 0.743 bits per heavy atom. The lowest BCUT2D eigenvalue weighted by Crippen LogP contribution is -2.00. The molecule has 0 aliphatic heterocycles. The molecule has 0 saturated heterocycles. The molecule has 0 saturated carbocycles. The highest BCUT2D eigenvalue weighted by Gasteiger charge is 2.18. The molecule has 178 valence electrons. The van der Waals surface area contributed by atoms with Gasteiger partial charge in [0.05, 0.1) is 12.7 Å². The van der Waals surface area contributed by atoms with Crippen LogP contribution < -0.4 is 0 Å². The number of ether oxygens (including phenoxy) is 1. The first-order valence-electron chi connectivity index (χ1n) is 12.7. The number of hydrogen-bond donors (Lipinski definition) is 0. The second-order valence-corrected chi connectivity index (χ2v) is 10.3. The van der Waals surface area contributed by atoms with Crippen LogP contribution in [-0.4, -0.2) is 13.1 Å². The Morgan fingerprint density at radius 3 is 1.89 bits per heavy atom. The number of esters is 1. The lowest BCUT2D eigenvalue weighted by atomic mass is 9.84. The fraction of sp³-hybridized carbons (Fsp3) is 0.281. The van der Waals surface area contributed by atoms with Gasteiger partial charge in [0.1, 0.15) is 0 Å². The first kappa shape index (κ1) is 23.8. The van der Waals surface area contributed by atoms with Crippen LogP contribution in [0.3, 0.4) is 0 Å². The molecule has 0 atom stereocenters. The van der Waals surface area contributed by atoms with Gasteiger partial charge < -0.3 is 4.74 Å². The van der Waals surface area contributed by atoms with Crippen LogP contribution in [0.1, 0.15) is 61.0 Å². The molecular weight excluding hydrogens is 496 g/mol. The predicted molar refractivity (Wildman–Crippen MR) is 152 cm³/mol. The molecule has 0 aromatic heterocycles. The minimum atomic E-state index is -0.306. The summed E-state index contributed by atoms with van der Waals surface area (Å²) in [4.78, 5) is 12.0. The van der Waals surface area contributed by atoms with E-state index < -0.39 is 0 Å². The van der Waals surface area contributed by atoms with Crippen LogP contribution in [0, 0.1) is 0 Å². The van der Waals surface area contributed by atoms with Crippen LogP contribution in [-0.2, 0) is 17.6 Å². The number of carbonyl (C=O) groups excluding carboxylic acids is 1. The Morgan fingerprint density at radius 2 is 1.29 bits per heavy atom. The largest absolute Gasteiger partial charge is 0.465 e. The van der Waals surface area contributed by atoms with Crippen molar-refractivity contribution in [2.24, 2.45) is 0 Å². The van der Waals surface area contributed by atoms with Gasteiger partial charge in [0.15, 0.2) is 0 Å². The quantitative estimate of drug-likeness (QED) is 0.148. The van der Waals surface area contributed by atoms with Gasteiger partial charge in [0.2, 0.25) is 0 Å². The second kappa shape index (κ2) is 9.99. The lowest BCUT2D eigenvalue weighted by molar-refractivity contribution is 0.0601. The van der Waals surface area contributed by atoms with E-state index in [1.54, 1.807) is 0 Å². The van der Waals surface area contributed by atoms with E-state index in [1.165, 1.54) is 73.4 Å². The summed E-state index contributed by atoms with van der Waals surface area (Å²) >= 11 is 3.89. The summed E-state index contributed by atoms with van der Waals surface area (Å²) < 4.78 is 6.07. The van der Waals surface area contributed by atoms with Crippen molar-refractivity contribution in [3.05, 3.63) is 81.8 Å². The third kappa shape index (κ3) is 4.21. The molecule has 0 heterocycles. The molecule has 3 heteroatoms. The van der Waals surface area contributed by atoms with E-state index in [1.807, 2.05) is 24.3 Å². The number of methoxy groups -OCH3 is 1.